The molecule has 1 N–H and O–H groups in total. The summed E-state index contributed by atoms with van der Waals surface area (Å²) in [5.74, 6) is 0.167. The molecule has 0 aliphatic carbocycles. The highest BCUT2D eigenvalue weighted by Gasteiger charge is 2.31. The second-order valence-electron chi connectivity index (χ2n) is 5.72. The van der Waals surface area contributed by atoms with Crippen LogP contribution in [-0.2, 0) is 16.3 Å². The smallest absolute Gasteiger partial charge is 0.270 e. The van der Waals surface area contributed by atoms with E-state index in [0.29, 0.717) is 23.4 Å². The lowest BCUT2D eigenvalue weighted by Crippen LogP contribution is -2.25. The van der Waals surface area contributed by atoms with E-state index in [1.807, 2.05) is 25.1 Å². The van der Waals surface area contributed by atoms with Crippen LogP contribution in [0.15, 0.2) is 29.1 Å². The second kappa shape index (κ2) is 5.59. The number of aryl methyl sites for hydroxylation is 1. The minimum absolute atomic E-state index is 0.0262. The van der Waals surface area contributed by atoms with Gasteiger partial charge < -0.3 is 0 Å². The van der Waals surface area contributed by atoms with Crippen molar-refractivity contribution >= 4 is 21.4 Å². The number of benzene rings is 1. The Balaban J connectivity index is 1.95. The molecule has 7 heteroatoms. The van der Waals surface area contributed by atoms with Crippen molar-refractivity contribution < 1.29 is 8.42 Å². The zero-order valence-electron chi connectivity index (χ0n) is 12.2. The number of sulfone groups is 1. The fraction of sp³-hybridized carbons (Fsp3) is 0.400. The lowest BCUT2D eigenvalue weighted by Gasteiger charge is -2.07. The molecule has 118 valence electrons. The highest BCUT2D eigenvalue weighted by molar-refractivity contribution is 7.91. The minimum atomic E-state index is -3.03. The molecule has 22 heavy (non-hydrogen) atoms. The van der Waals surface area contributed by atoms with Gasteiger partial charge in [-0.15, -0.1) is 0 Å². The van der Waals surface area contributed by atoms with Crippen molar-refractivity contribution in [3.63, 3.8) is 0 Å². The molecular weight excluding hydrogens is 324 g/mol. The summed E-state index contributed by atoms with van der Waals surface area (Å²) in [5, 5.41) is 3.65. The molecule has 0 unspecified atom stereocenters. The van der Waals surface area contributed by atoms with Crippen molar-refractivity contribution in [3.05, 3.63) is 56.5 Å². The van der Waals surface area contributed by atoms with E-state index in [9.17, 15) is 13.2 Å². The first-order chi connectivity index (χ1) is 10.4. The number of H-pyrrole nitrogens is 1. The predicted octanol–water partition coefficient (Wildman–Crippen LogP) is 2.09. The van der Waals surface area contributed by atoms with Crippen LogP contribution in [0.5, 0.6) is 0 Å². The van der Waals surface area contributed by atoms with Gasteiger partial charge in [-0.1, -0.05) is 29.8 Å². The van der Waals surface area contributed by atoms with E-state index >= 15 is 0 Å². The number of nitrogens with one attached hydrogen (secondary N) is 1. The predicted molar refractivity (Wildman–Crippen MR) is 86.4 cm³/mol. The number of hydrogen-bond donors (Lipinski definition) is 1. The molecule has 1 aromatic heterocycles. The Morgan fingerprint density at radius 1 is 1.36 bits per heavy atom. The number of aromatic nitrogens is 2. The molecule has 1 aliphatic heterocycles. The SMILES string of the molecule is Cc1[nH]n([C@H]2CCS(=O)(=O)C2)c(=O)c1Cc1ccccc1Cl. The fourth-order valence-corrected chi connectivity index (χ4v) is 4.78. The van der Waals surface area contributed by atoms with E-state index in [1.165, 1.54) is 4.68 Å². The number of aromatic amines is 1. The van der Waals surface area contributed by atoms with Crippen molar-refractivity contribution in [2.75, 3.05) is 11.5 Å². The third-order valence-electron chi connectivity index (χ3n) is 4.12. The molecule has 0 spiro atoms. The maximum atomic E-state index is 12.6. The molecule has 0 bridgehead atoms. The molecule has 2 aromatic rings. The van der Waals surface area contributed by atoms with Crippen molar-refractivity contribution in [1.29, 1.82) is 0 Å². The summed E-state index contributed by atoms with van der Waals surface area (Å²) in [4.78, 5) is 12.6. The second-order valence-corrected chi connectivity index (χ2v) is 8.35. The maximum absolute atomic E-state index is 12.6. The van der Waals surface area contributed by atoms with Gasteiger partial charge in [0.05, 0.1) is 17.5 Å². The largest absolute Gasteiger partial charge is 0.299 e. The van der Waals surface area contributed by atoms with Gasteiger partial charge in [-0.3, -0.25) is 9.89 Å². The lowest BCUT2D eigenvalue weighted by molar-refractivity contribution is 0.483. The topological polar surface area (TPSA) is 71.9 Å². The highest BCUT2D eigenvalue weighted by atomic mass is 35.5. The zero-order chi connectivity index (χ0) is 15.9. The van der Waals surface area contributed by atoms with E-state index in [-0.39, 0.29) is 23.1 Å². The van der Waals surface area contributed by atoms with E-state index in [1.54, 1.807) is 6.07 Å². The average molecular weight is 341 g/mol. The molecule has 2 heterocycles. The van der Waals surface area contributed by atoms with Crippen molar-refractivity contribution in [3.8, 4) is 0 Å². The third-order valence-corrected chi connectivity index (χ3v) is 6.24. The van der Waals surface area contributed by atoms with Crippen LogP contribution in [0, 0.1) is 6.92 Å². The normalized spacial score (nSPS) is 20.4. The number of rotatable bonds is 3. The average Bonchev–Trinajstić information content (AvgIpc) is 2.95. The van der Waals surface area contributed by atoms with Crippen LogP contribution < -0.4 is 5.56 Å². The summed E-state index contributed by atoms with van der Waals surface area (Å²) in [6.07, 6.45) is 0.918. The van der Waals surface area contributed by atoms with E-state index in [2.05, 4.69) is 5.10 Å². The molecule has 1 saturated heterocycles. The Labute approximate surface area is 133 Å². The highest BCUT2D eigenvalue weighted by Crippen LogP contribution is 2.23. The Bertz CT molecular complexity index is 867. The third kappa shape index (κ3) is 2.85. The van der Waals surface area contributed by atoms with Crippen LogP contribution >= 0.6 is 11.6 Å². The summed E-state index contributed by atoms with van der Waals surface area (Å²) < 4.78 is 24.7. The van der Waals surface area contributed by atoms with Gasteiger partial charge in [0, 0.05) is 22.7 Å². The first-order valence-electron chi connectivity index (χ1n) is 7.11. The van der Waals surface area contributed by atoms with Crippen molar-refractivity contribution in [2.24, 2.45) is 0 Å². The molecule has 0 saturated carbocycles. The lowest BCUT2D eigenvalue weighted by atomic mass is 10.1. The Morgan fingerprint density at radius 2 is 2.09 bits per heavy atom. The van der Waals surface area contributed by atoms with Gasteiger partial charge in [-0.25, -0.2) is 13.1 Å². The minimum Gasteiger partial charge on any atom is -0.299 e. The fourth-order valence-electron chi connectivity index (χ4n) is 2.88. The van der Waals surface area contributed by atoms with Crippen LogP contribution in [0.3, 0.4) is 0 Å². The quantitative estimate of drug-likeness (QED) is 0.929. The monoisotopic (exact) mass is 340 g/mol. The Hall–Kier alpha value is -1.53. The van der Waals surface area contributed by atoms with Crippen LogP contribution in [0.2, 0.25) is 5.02 Å². The van der Waals surface area contributed by atoms with Gasteiger partial charge in [-0.05, 0) is 25.0 Å². The van der Waals surface area contributed by atoms with Gasteiger partial charge in [0.2, 0.25) is 0 Å². The van der Waals surface area contributed by atoms with Gasteiger partial charge >= 0.3 is 0 Å². The van der Waals surface area contributed by atoms with Crippen LogP contribution in [0.4, 0.5) is 0 Å². The first kappa shape index (κ1) is 15.4. The molecule has 1 atom stereocenters. The van der Waals surface area contributed by atoms with Crippen molar-refractivity contribution in [2.45, 2.75) is 25.8 Å². The van der Waals surface area contributed by atoms with Gasteiger partial charge in [0.25, 0.3) is 5.56 Å². The van der Waals surface area contributed by atoms with Crippen molar-refractivity contribution in [1.82, 2.24) is 9.78 Å². The summed E-state index contributed by atoms with van der Waals surface area (Å²) in [5.41, 5.74) is 2.13. The Morgan fingerprint density at radius 3 is 2.73 bits per heavy atom. The molecule has 5 nitrogen and oxygen atoms in total. The summed E-state index contributed by atoms with van der Waals surface area (Å²) in [7, 11) is -3.03. The Kier molecular flexibility index (Phi) is 3.91. The van der Waals surface area contributed by atoms with E-state index < -0.39 is 9.84 Å². The zero-order valence-corrected chi connectivity index (χ0v) is 13.7. The molecule has 0 amide bonds. The molecule has 1 aliphatic rings. The molecule has 1 fully saturated rings. The first-order valence-corrected chi connectivity index (χ1v) is 9.31. The van der Waals surface area contributed by atoms with Crippen LogP contribution in [0.1, 0.15) is 29.3 Å². The molecular formula is C15H17ClN2O3S. The molecule has 1 aromatic carbocycles. The van der Waals surface area contributed by atoms with Crippen LogP contribution in [-0.4, -0.2) is 29.7 Å². The summed E-state index contributed by atoms with van der Waals surface area (Å²) >= 11 is 6.15. The number of halogens is 1. The molecule has 0 radical (unpaired) electrons. The maximum Gasteiger partial charge on any atom is 0.270 e. The van der Waals surface area contributed by atoms with Gasteiger partial charge in [-0.2, -0.15) is 0 Å². The van der Waals surface area contributed by atoms with E-state index in [4.69, 9.17) is 11.6 Å². The van der Waals surface area contributed by atoms with Gasteiger partial charge in [0.1, 0.15) is 0 Å². The standard InChI is InChI=1S/C15H17ClN2O3S/c1-10-13(8-11-4-2-3-5-14(11)16)15(19)18(17-10)12-6-7-22(20,21)9-12/h2-5,12,17H,6-9H2,1H3/t12-/m0/s1. The van der Waals surface area contributed by atoms with Crippen LogP contribution in [0.25, 0.3) is 0 Å². The number of nitrogens with zero attached hydrogens (tertiary/aromatic N) is 1. The molecule has 3 rings (SSSR count). The summed E-state index contributed by atoms with van der Waals surface area (Å²) in [6.45, 7) is 1.83. The van der Waals surface area contributed by atoms with Gasteiger partial charge in [0.15, 0.2) is 9.84 Å². The summed E-state index contributed by atoms with van der Waals surface area (Å²) in [6, 6.07) is 7.11. The van der Waals surface area contributed by atoms with E-state index in [0.717, 1.165) is 11.3 Å². The number of hydrogen-bond acceptors (Lipinski definition) is 3.